The molecule has 2 saturated heterocycles. The SMILES string of the molecule is CC(C)(C)OC(=O)NCC12CN(c3c(F)cc4c(=O)c(C(=O)O)cn(C5CC5)c4c3Cl)CC1CCO2. The van der Waals surface area contributed by atoms with Gasteiger partial charge in [0, 0.05) is 37.9 Å². The number of carbonyl (C=O) groups excluding carboxylic acids is 1. The Labute approximate surface area is 212 Å². The van der Waals surface area contributed by atoms with Crippen LogP contribution in [0.5, 0.6) is 0 Å². The third-order valence-electron chi connectivity index (χ3n) is 7.10. The monoisotopic (exact) mass is 521 g/mol. The van der Waals surface area contributed by atoms with Crippen molar-refractivity contribution in [1.29, 1.82) is 0 Å². The smallest absolute Gasteiger partial charge is 0.407 e. The van der Waals surface area contributed by atoms with Gasteiger partial charge in [-0.15, -0.1) is 0 Å². The second kappa shape index (κ2) is 8.62. The number of halogens is 2. The zero-order valence-electron chi connectivity index (χ0n) is 20.4. The van der Waals surface area contributed by atoms with Crippen LogP contribution in [0.25, 0.3) is 10.9 Å². The number of nitrogens with zero attached hydrogens (tertiary/aromatic N) is 2. The number of alkyl carbamates (subject to hydrolysis) is 1. The van der Waals surface area contributed by atoms with Gasteiger partial charge in [-0.2, -0.15) is 0 Å². The molecule has 3 aliphatic rings. The van der Waals surface area contributed by atoms with Crippen LogP contribution in [-0.4, -0.2) is 59.2 Å². The summed E-state index contributed by atoms with van der Waals surface area (Å²) in [6, 6.07) is 1.10. The predicted molar refractivity (Wildman–Crippen MR) is 132 cm³/mol. The number of carboxylic acids is 1. The molecule has 36 heavy (non-hydrogen) atoms. The number of amides is 1. The van der Waals surface area contributed by atoms with Gasteiger partial charge in [0.1, 0.15) is 22.6 Å². The maximum atomic E-state index is 15.5. The number of carboxylic acid groups (broad SMARTS) is 1. The number of hydrogen-bond acceptors (Lipinski definition) is 6. The Morgan fingerprint density at radius 2 is 2.06 bits per heavy atom. The minimum absolute atomic E-state index is 0.00711. The number of aromatic carboxylic acids is 1. The lowest BCUT2D eigenvalue weighted by Crippen LogP contribution is -2.49. The molecular weight excluding hydrogens is 493 g/mol. The van der Waals surface area contributed by atoms with Crippen molar-refractivity contribution in [2.24, 2.45) is 5.92 Å². The zero-order valence-corrected chi connectivity index (χ0v) is 21.2. The summed E-state index contributed by atoms with van der Waals surface area (Å²) in [5.41, 5.74) is -2.06. The molecule has 9 nitrogen and oxygen atoms in total. The number of hydrogen-bond donors (Lipinski definition) is 2. The summed E-state index contributed by atoms with van der Waals surface area (Å²) < 4.78 is 28.7. The maximum Gasteiger partial charge on any atom is 0.407 e. The average Bonchev–Trinajstić information content (AvgIpc) is 3.44. The van der Waals surface area contributed by atoms with E-state index in [0.717, 1.165) is 25.3 Å². The quantitative estimate of drug-likeness (QED) is 0.613. The molecule has 0 spiro atoms. The van der Waals surface area contributed by atoms with Crippen molar-refractivity contribution >= 4 is 40.3 Å². The molecule has 1 amide bonds. The summed E-state index contributed by atoms with van der Waals surface area (Å²) in [6.45, 7) is 6.81. The Morgan fingerprint density at radius 3 is 2.69 bits per heavy atom. The van der Waals surface area contributed by atoms with E-state index in [-0.39, 0.29) is 41.1 Å². The van der Waals surface area contributed by atoms with Gasteiger partial charge in [0.25, 0.3) is 0 Å². The molecule has 1 saturated carbocycles. The number of benzene rings is 1. The summed E-state index contributed by atoms with van der Waals surface area (Å²) >= 11 is 6.79. The van der Waals surface area contributed by atoms with Crippen molar-refractivity contribution in [3.63, 3.8) is 0 Å². The minimum Gasteiger partial charge on any atom is -0.477 e. The Bertz CT molecular complexity index is 1320. The van der Waals surface area contributed by atoms with Gasteiger partial charge in [-0.25, -0.2) is 14.0 Å². The summed E-state index contributed by atoms with van der Waals surface area (Å²) in [5, 5.41) is 12.3. The molecule has 1 aromatic heterocycles. The van der Waals surface area contributed by atoms with Crippen molar-refractivity contribution in [2.45, 2.75) is 57.3 Å². The normalized spacial score (nSPS) is 23.7. The van der Waals surface area contributed by atoms with Gasteiger partial charge in [0.15, 0.2) is 0 Å². The van der Waals surface area contributed by atoms with E-state index in [4.69, 9.17) is 21.1 Å². The number of pyridine rings is 1. The molecule has 11 heteroatoms. The van der Waals surface area contributed by atoms with Crippen molar-refractivity contribution in [3.8, 4) is 0 Å². The lowest BCUT2D eigenvalue weighted by Gasteiger charge is -2.30. The van der Waals surface area contributed by atoms with E-state index in [1.807, 2.05) is 0 Å². The van der Waals surface area contributed by atoms with Crippen molar-refractivity contribution in [3.05, 3.63) is 38.9 Å². The van der Waals surface area contributed by atoms with E-state index in [0.29, 0.717) is 18.7 Å². The van der Waals surface area contributed by atoms with Crippen LogP contribution >= 0.6 is 11.6 Å². The van der Waals surface area contributed by atoms with Gasteiger partial charge in [-0.05, 0) is 46.1 Å². The standard InChI is InChI=1S/C25H29ClFN3O6/c1-24(2,3)36-23(34)28-11-25-12-29(9-13(25)6-7-35-25)20-17(27)8-15-19(18(20)26)30(14-4-5-14)10-16(21(15)31)22(32)33/h8,10,13-14H,4-7,9,11-12H2,1-3H3,(H,28,34)(H,32,33). The van der Waals surface area contributed by atoms with Gasteiger partial charge >= 0.3 is 12.1 Å². The summed E-state index contributed by atoms with van der Waals surface area (Å²) in [7, 11) is 0. The molecule has 2 N–H and O–H groups in total. The van der Waals surface area contributed by atoms with Crippen LogP contribution in [0.1, 0.15) is 56.4 Å². The molecule has 1 aliphatic carbocycles. The van der Waals surface area contributed by atoms with E-state index in [1.54, 1.807) is 30.2 Å². The highest BCUT2D eigenvalue weighted by atomic mass is 35.5. The third-order valence-corrected chi connectivity index (χ3v) is 7.46. The lowest BCUT2D eigenvalue weighted by molar-refractivity contribution is -0.000269. The topological polar surface area (TPSA) is 110 Å². The number of anilines is 1. The van der Waals surface area contributed by atoms with Gasteiger partial charge in [0.2, 0.25) is 5.43 Å². The average molecular weight is 522 g/mol. The highest BCUT2D eigenvalue weighted by Gasteiger charge is 2.52. The molecule has 2 aliphatic heterocycles. The highest BCUT2D eigenvalue weighted by molar-refractivity contribution is 6.38. The van der Waals surface area contributed by atoms with Crippen molar-refractivity contribution in [2.75, 3.05) is 31.1 Å². The van der Waals surface area contributed by atoms with E-state index >= 15 is 4.39 Å². The van der Waals surface area contributed by atoms with E-state index in [9.17, 15) is 19.5 Å². The zero-order chi connectivity index (χ0) is 26.0. The van der Waals surface area contributed by atoms with Crippen LogP contribution in [0.2, 0.25) is 5.02 Å². The largest absolute Gasteiger partial charge is 0.477 e. The van der Waals surface area contributed by atoms with Crippen LogP contribution in [-0.2, 0) is 9.47 Å². The molecule has 2 unspecified atom stereocenters. The molecule has 2 aromatic rings. The Hall–Kier alpha value is -2.85. The number of rotatable bonds is 5. The van der Waals surface area contributed by atoms with Gasteiger partial charge in [0.05, 0.1) is 28.2 Å². The van der Waals surface area contributed by atoms with Crippen LogP contribution < -0.4 is 15.6 Å². The van der Waals surface area contributed by atoms with Crippen LogP contribution in [0.15, 0.2) is 17.1 Å². The summed E-state index contributed by atoms with van der Waals surface area (Å²) in [6.07, 6.45) is 3.14. The number of fused-ring (bicyclic) bond motifs is 2. The van der Waals surface area contributed by atoms with Crippen molar-refractivity contribution < 1.29 is 28.6 Å². The van der Waals surface area contributed by atoms with E-state index < -0.39 is 40.1 Å². The van der Waals surface area contributed by atoms with Crippen LogP contribution in [0.4, 0.5) is 14.9 Å². The molecule has 0 bridgehead atoms. The fraction of sp³-hybridized carbons (Fsp3) is 0.560. The first kappa shape index (κ1) is 24.8. The van der Waals surface area contributed by atoms with Crippen LogP contribution in [0, 0.1) is 11.7 Å². The molecule has 194 valence electrons. The first-order valence-electron chi connectivity index (χ1n) is 12.1. The molecule has 1 aromatic carbocycles. The number of nitrogens with one attached hydrogen (secondary N) is 1. The first-order chi connectivity index (χ1) is 16.9. The fourth-order valence-electron chi connectivity index (χ4n) is 5.34. The molecule has 3 heterocycles. The molecule has 3 fully saturated rings. The van der Waals surface area contributed by atoms with E-state index in [1.165, 1.54) is 6.20 Å². The predicted octanol–water partition coefficient (Wildman–Crippen LogP) is 3.95. The lowest BCUT2D eigenvalue weighted by atomic mass is 9.91. The number of aromatic nitrogens is 1. The third kappa shape index (κ3) is 4.30. The Morgan fingerprint density at radius 1 is 1.33 bits per heavy atom. The number of ether oxygens (including phenoxy) is 2. The number of carbonyl (C=O) groups is 2. The molecular formula is C25H29ClFN3O6. The maximum absolute atomic E-state index is 15.5. The second-order valence-electron chi connectivity index (χ2n) is 10.9. The molecule has 2 atom stereocenters. The second-order valence-corrected chi connectivity index (χ2v) is 11.2. The van der Waals surface area contributed by atoms with Gasteiger partial charge in [-0.1, -0.05) is 11.6 Å². The molecule has 5 rings (SSSR count). The first-order valence-corrected chi connectivity index (χ1v) is 12.4. The fourth-order valence-corrected chi connectivity index (χ4v) is 5.75. The summed E-state index contributed by atoms with van der Waals surface area (Å²) in [5.74, 6) is -2.04. The molecule has 0 radical (unpaired) electrons. The van der Waals surface area contributed by atoms with Crippen molar-refractivity contribution in [1.82, 2.24) is 9.88 Å². The summed E-state index contributed by atoms with van der Waals surface area (Å²) in [4.78, 5) is 38.6. The highest BCUT2D eigenvalue weighted by Crippen LogP contribution is 2.46. The van der Waals surface area contributed by atoms with Gasteiger partial charge < -0.3 is 29.4 Å². The minimum atomic E-state index is -1.36. The Kier molecular flexibility index (Phi) is 5.95. The van der Waals surface area contributed by atoms with Gasteiger partial charge in [-0.3, -0.25) is 4.79 Å². The Balaban J connectivity index is 1.50. The van der Waals surface area contributed by atoms with E-state index in [2.05, 4.69) is 5.32 Å². The van der Waals surface area contributed by atoms with Crippen LogP contribution in [0.3, 0.4) is 0 Å².